The van der Waals surface area contributed by atoms with Crippen molar-refractivity contribution in [1.82, 2.24) is 10.0 Å². The Kier molecular flexibility index (Phi) is 6.33. The molecular weight excluding hydrogens is 336 g/mol. The Bertz CT molecular complexity index is 833. The van der Waals surface area contributed by atoms with Gasteiger partial charge in [-0.05, 0) is 43.5 Å². The molecule has 1 atom stereocenters. The Morgan fingerprint density at radius 1 is 1.08 bits per heavy atom. The second-order valence-corrected chi connectivity index (χ2v) is 7.85. The predicted octanol–water partition coefficient (Wildman–Crippen LogP) is 2.85. The van der Waals surface area contributed by atoms with Crippen molar-refractivity contribution in [2.75, 3.05) is 6.54 Å². The summed E-state index contributed by atoms with van der Waals surface area (Å²) in [7, 11) is -3.62. The summed E-state index contributed by atoms with van der Waals surface area (Å²) in [5.74, 6) is -0.194. The summed E-state index contributed by atoms with van der Waals surface area (Å²) in [6.45, 7) is 5.55. The van der Waals surface area contributed by atoms with Crippen LogP contribution in [0, 0.1) is 13.8 Å². The molecule has 6 heteroatoms. The molecule has 0 bridgehead atoms. The number of aryl methyl sites for hydroxylation is 2. The lowest BCUT2D eigenvalue weighted by atomic mass is 10.1. The molecule has 5 nitrogen and oxygen atoms in total. The molecule has 0 aliphatic rings. The molecule has 0 aliphatic heterocycles. The summed E-state index contributed by atoms with van der Waals surface area (Å²) < 4.78 is 27.3. The molecular formula is C19H24N2O3S. The first-order valence-corrected chi connectivity index (χ1v) is 9.69. The van der Waals surface area contributed by atoms with Gasteiger partial charge in [-0.15, -0.1) is 0 Å². The van der Waals surface area contributed by atoms with Crippen LogP contribution in [0.2, 0.25) is 0 Å². The Balaban J connectivity index is 1.89. The van der Waals surface area contributed by atoms with Crippen LogP contribution in [0.15, 0.2) is 53.4 Å². The van der Waals surface area contributed by atoms with Crippen LogP contribution in [0.25, 0.3) is 0 Å². The molecule has 134 valence electrons. The van der Waals surface area contributed by atoms with Crippen LogP contribution >= 0.6 is 0 Å². The van der Waals surface area contributed by atoms with Crippen molar-refractivity contribution in [2.24, 2.45) is 0 Å². The molecule has 0 saturated carbocycles. The number of sulfonamides is 1. The topological polar surface area (TPSA) is 75.3 Å². The summed E-state index contributed by atoms with van der Waals surface area (Å²) in [5.41, 5.74) is 2.56. The highest BCUT2D eigenvalue weighted by atomic mass is 32.2. The summed E-state index contributed by atoms with van der Waals surface area (Å²) in [6.07, 6.45) is 0.0846. The summed E-state index contributed by atoms with van der Waals surface area (Å²) in [4.78, 5) is 12.3. The van der Waals surface area contributed by atoms with E-state index in [1.165, 1.54) is 0 Å². The van der Waals surface area contributed by atoms with Gasteiger partial charge in [-0.1, -0.05) is 42.5 Å². The van der Waals surface area contributed by atoms with E-state index in [0.29, 0.717) is 5.56 Å². The van der Waals surface area contributed by atoms with E-state index in [4.69, 9.17) is 0 Å². The van der Waals surface area contributed by atoms with Crippen LogP contribution in [0.1, 0.15) is 36.1 Å². The SMILES string of the molecule is Cc1ccc(C)c(S(=O)(=O)NCCC(=O)NC(C)c2ccccc2)c1. The van der Waals surface area contributed by atoms with Gasteiger partial charge >= 0.3 is 0 Å². The molecule has 0 aliphatic carbocycles. The number of benzene rings is 2. The average molecular weight is 360 g/mol. The molecule has 2 rings (SSSR count). The summed E-state index contributed by atoms with van der Waals surface area (Å²) >= 11 is 0. The van der Waals surface area contributed by atoms with E-state index >= 15 is 0 Å². The van der Waals surface area contributed by atoms with Crippen molar-refractivity contribution >= 4 is 15.9 Å². The van der Waals surface area contributed by atoms with Gasteiger partial charge in [-0.3, -0.25) is 4.79 Å². The van der Waals surface area contributed by atoms with Gasteiger partial charge in [0.15, 0.2) is 0 Å². The largest absolute Gasteiger partial charge is 0.350 e. The maximum atomic E-state index is 12.4. The molecule has 2 N–H and O–H groups in total. The van der Waals surface area contributed by atoms with Crippen LogP contribution in [-0.2, 0) is 14.8 Å². The van der Waals surface area contributed by atoms with Crippen molar-refractivity contribution in [2.45, 2.75) is 38.1 Å². The van der Waals surface area contributed by atoms with Crippen LogP contribution in [-0.4, -0.2) is 20.9 Å². The van der Waals surface area contributed by atoms with Crippen molar-refractivity contribution in [3.63, 3.8) is 0 Å². The molecule has 25 heavy (non-hydrogen) atoms. The van der Waals surface area contributed by atoms with Gasteiger partial charge in [-0.25, -0.2) is 13.1 Å². The number of amides is 1. The van der Waals surface area contributed by atoms with Gasteiger partial charge in [0.05, 0.1) is 10.9 Å². The van der Waals surface area contributed by atoms with Crippen LogP contribution < -0.4 is 10.0 Å². The highest BCUT2D eigenvalue weighted by molar-refractivity contribution is 7.89. The first kappa shape index (κ1) is 19.1. The van der Waals surface area contributed by atoms with Crippen LogP contribution in [0.4, 0.5) is 0 Å². The number of nitrogens with one attached hydrogen (secondary N) is 2. The maximum absolute atomic E-state index is 12.4. The lowest BCUT2D eigenvalue weighted by Gasteiger charge is -2.14. The maximum Gasteiger partial charge on any atom is 0.240 e. The Labute approximate surface area is 149 Å². The standard InChI is InChI=1S/C19H24N2O3S/c1-14-9-10-15(2)18(13-14)25(23,24)20-12-11-19(22)21-16(3)17-7-5-4-6-8-17/h4-10,13,16,20H,11-12H2,1-3H3,(H,21,22). The molecule has 2 aromatic rings. The molecule has 0 saturated heterocycles. The summed E-state index contributed by atoms with van der Waals surface area (Å²) in [6, 6.07) is 14.8. The van der Waals surface area contributed by atoms with E-state index in [-0.39, 0.29) is 29.8 Å². The van der Waals surface area contributed by atoms with E-state index in [1.54, 1.807) is 19.1 Å². The summed E-state index contributed by atoms with van der Waals surface area (Å²) in [5, 5.41) is 2.87. The fourth-order valence-electron chi connectivity index (χ4n) is 2.51. The normalized spacial score (nSPS) is 12.6. The quantitative estimate of drug-likeness (QED) is 0.797. The monoisotopic (exact) mass is 360 g/mol. The third kappa shape index (κ3) is 5.41. The second-order valence-electron chi connectivity index (χ2n) is 6.12. The molecule has 0 fully saturated rings. The highest BCUT2D eigenvalue weighted by Gasteiger charge is 2.17. The molecule has 0 heterocycles. The fraction of sp³-hybridized carbons (Fsp3) is 0.316. The average Bonchev–Trinajstić information content (AvgIpc) is 2.57. The zero-order valence-electron chi connectivity index (χ0n) is 14.7. The number of hydrogen-bond donors (Lipinski definition) is 2. The smallest absolute Gasteiger partial charge is 0.240 e. The van der Waals surface area contributed by atoms with Crippen molar-refractivity contribution < 1.29 is 13.2 Å². The first-order valence-electron chi connectivity index (χ1n) is 8.21. The van der Waals surface area contributed by atoms with Gasteiger partial charge in [0.2, 0.25) is 15.9 Å². The Morgan fingerprint density at radius 3 is 2.44 bits per heavy atom. The number of hydrogen-bond acceptors (Lipinski definition) is 3. The van der Waals surface area contributed by atoms with Gasteiger partial charge < -0.3 is 5.32 Å². The van der Waals surface area contributed by atoms with Crippen molar-refractivity contribution in [3.05, 3.63) is 65.2 Å². The van der Waals surface area contributed by atoms with Gasteiger partial charge in [0, 0.05) is 13.0 Å². The molecule has 0 radical (unpaired) electrons. The van der Waals surface area contributed by atoms with Gasteiger partial charge in [-0.2, -0.15) is 0 Å². The number of rotatable bonds is 7. The third-order valence-corrected chi connectivity index (χ3v) is 5.56. The van der Waals surface area contributed by atoms with E-state index in [0.717, 1.165) is 11.1 Å². The lowest BCUT2D eigenvalue weighted by molar-refractivity contribution is -0.121. The highest BCUT2D eigenvalue weighted by Crippen LogP contribution is 2.16. The minimum Gasteiger partial charge on any atom is -0.350 e. The molecule has 1 amide bonds. The second kappa shape index (κ2) is 8.27. The van der Waals surface area contributed by atoms with Gasteiger partial charge in [0.1, 0.15) is 0 Å². The zero-order valence-corrected chi connectivity index (χ0v) is 15.6. The lowest BCUT2D eigenvalue weighted by Crippen LogP contribution is -2.32. The fourth-order valence-corrected chi connectivity index (χ4v) is 3.87. The Morgan fingerprint density at radius 2 is 1.76 bits per heavy atom. The van der Waals surface area contributed by atoms with E-state index < -0.39 is 10.0 Å². The zero-order chi connectivity index (χ0) is 18.4. The minimum absolute atomic E-state index is 0.0586. The van der Waals surface area contributed by atoms with Crippen LogP contribution in [0.5, 0.6) is 0 Å². The van der Waals surface area contributed by atoms with Gasteiger partial charge in [0.25, 0.3) is 0 Å². The number of carbonyl (C=O) groups is 1. The first-order chi connectivity index (χ1) is 11.8. The van der Waals surface area contributed by atoms with Crippen molar-refractivity contribution in [3.8, 4) is 0 Å². The molecule has 0 spiro atoms. The molecule has 2 aromatic carbocycles. The molecule has 0 aromatic heterocycles. The third-order valence-electron chi connectivity index (χ3n) is 3.95. The molecule has 1 unspecified atom stereocenters. The number of carbonyl (C=O) groups excluding carboxylic acids is 1. The van der Waals surface area contributed by atoms with E-state index in [2.05, 4.69) is 10.0 Å². The predicted molar refractivity (Wildman–Crippen MR) is 98.7 cm³/mol. The minimum atomic E-state index is -3.62. The van der Waals surface area contributed by atoms with E-state index in [9.17, 15) is 13.2 Å². The van der Waals surface area contributed by atoms with Crippen LogP contribution in [0.3, 0.4) is 0 Å². The Hall–Kier alpha value is -2.18. The van der Waals surface area contributed by atoms with Crippen molar-refractivity contribution in [1.29, 1.82) is 0 Å². The van der Waals surface area contributed by atoms with E-state index in [1.807, 2.05) is 50.2 Å².